The van der Waals surface area contributed by atoms with Crippen LogP contribution in [0.3, 0.4) is 0 Å². The second-order valence-electron chi connectivity index (χ2n) is 3.11. The van der Waals surface area contributed by atoms with Crippen molar-refractivity contribution in [3.63, 3.8) is 0 Å². The lowest BCUT2D eigenvalue weighted by molar-refractivity contribution is 0.0943. The topological polar surface area (TPSA) is 42.0 Å². The molecule has 0 bridgehead atoms. The van der Waals surface area contributed by atoms with Crippen LogP contribution in [-0.4, -0.2) is 16.9 Å². The Kier molecular flexibility index (Phi) is 3.72. The third-order valence-corrected chi connectivity index (χ3v) is 2.07. The average Bonchev–Trinajstić information content (AvgIpc) is 2.01. The highest BCUT2D eigenvalue weighted by molar-refractivity contribution is 6.39. The van der Waals surface area contributed by atoms with Gasteiger partial charge in [-0.1, -0.05) is 23.2 Å². The van der Waals surface area contributed by atoms with Crippen LogP contribution in [0.5, 0.6) is 0 Å². The molecule has 1 amide bonds. The third kappa shape index (κ3) is 2.59. The zero-order valence-corrected chi connectivity index (χ0v) is 9.36. The number of amides is 1. The van der Waals surface area contributed by atoms with Gasteiger partial charge in [0.2, 0.25) is 0 Å². The maximum Gasteiger partial charge on any atom is 0.254 e. The maximum absolute atomic E-state index is 11.6. The molecule has 0 aromatic carbocycles. The van der Waals surface area contributed by atoms with Gasteiger partial charge in [-0.25, -0.2) is 0 Å². The Balaban J connectivity index is 3.00. The van der Waals surface area contributed by atoms with Crippen molar-refractivity contribution in [2.75, 3.05) is 0 Å². The van der Waals surface area contributed by atoms with Gasteiger partial charge in [0.1, 0.15) is 0 Å². The standard InChI is InChI=1S/C9H10Cl2N2O/c1-5(2)13-9(14)8-6(10)3-12-4-7(8)11/h3-5H,1-2H3,(H,13,14). The summed E-state index contributed by atoms with van der Waals surface area (Å²) in [6.45, 7) is 3.72. The minimum Gasteiger partial charge on any atom is -0.350 e. The van der Waals surface area contributed by atoms with Gasteiger partial charge >= 0.3 is 0 Å². The summed E-state index contributed by atoms with van der Waals surface area (Å²) >= 11 is 11.6. The maximum atomic E-state index is 11.6. The van der Waals surface area contributed by atoms with Crippen molar-refractivity contribution in [2.24, 2.45) is 0 Å². The summed E-state index contributed by atoms with van der Waals surface area (Å²) in [6.07, 6.45) is 2.78. The van der Waals surface area contributed by atoms with Crippen molar-refractivity contribution in [1.29, 1.82) is 0 Å². The van der Waals surface area contributed by atoms with E-state index in [1.54, 1.807) is 0 Å². The molecule has 0 radical (unpaired) electrons. The van der Waals surface area contributed by atoms with Crippen LogP contribution in [0.2, 0.25) is 10.0 Å². The number of hydrogen-bond acceptors (Lipinski definition) is 2. The second-order valence-corrected chi connectivity index (χ2v) is 3.92. The number of pyridine rings is 1. The molecule has 3 nitrogen and oxygen atoms in total. The summed E-state index contributed by atoms with van der Waals surface area (Å²) in [5.41, 5.74) is 0.275. The normalized spacial score (nSPS) is 10.4. The van der Waals surface area contributed by atoms with Crippen molar-refractivity contribution in [3.8, 4) is 0 Å². The van der Waals surface area contributed by atoms with Gasteiger partial charge in [0.05, 0.1) is 15.6 Å². The number of nitrogens with one attached hydrogen (secondary N) is 1. The molecule has 0 fully saturated rings. The Morgan fingerprint density at radius 2 is 1.86 bits per heavy atom. The Morgan fingerprint density at radius 1 is 1.36 bits per heavy atom. The molecular formula is C9H10Cl2N2O. The first-order valence-corrected chi connectivity index (χ1v) is 4.88. The molecule has 0 saturated heterocycles. The van der Waals surface area contributed by atoms with Crippen LogP contribution in [0, 0.1) is 0 Å². The van der Waals surface area contributed by atoms with Crippen molar-refractivity contribution in [2.45, 2.75) is 19.9 Å². The van der Waals surface area contributed by atoms with Gasteiger partial charge in [-0.05, 0) is 13.8 Å². The fraction of sp³-hybridized carbons (Fsp3) is 0.333. The molecule has 0 aliphatic carbocycles. The van der Waals surface area contributed by atoms with Gasteiger partial charge < -0.3 is 5.32 Å². The van der Waals surface area contributed by atoms with E-state index >= 15 is 0 Å². The lowest BCUT2D eigenvalue weighted by atomic mass is 10.2. The van der Waals surface area contributed by atoms with E-state index in [1.165, 1.54) is 12.4 Å². The molecule has 0 aliphatic rings. The van der Waals surface area contributed by atoms with E-state index < -0.39 is 0 Å². The molecule has 1 heterocycles. The summed E-state index contributed by atoms with van der Waals surface area (Å²) in [5.74, 6) is -0.280. The Labute approximate surface area is 92.4 Å². The predicted octanol–water partition coefficient (Wildman–Crippen LogP) is 2.53. The average molecular weight is 233 g/mol. The van der Waals surface area contributed by atoms with Gasteiger partial charge in [-0.15, -0.1) is 0 Å². The van der Waals surface area contributed by atoms with Crippen LogP contribution in [0.4, 0.5) is 0 Å². The highest BCUT2D eigenvalue weighted by Gasteiger charge is 2.15. The summed E-state index contributed by atoms with van der Waals surface area (Å²) in [7, 11) is 0. The fourth-order valence-corrected chi connectivity index (χ4v) is 1.50. The molecule has 76 valence electrons. The molecule has 1 aromatic rings. The molecule has 0 spiro atoms. The Bertz CT molecular complexity index is 332. The van der Waals surface area contributed by atoms with E-state index in [1.807, 2.05) is 13.8 Å². The largest absolute Gasteiger partial charge is 0.350 e. The SMILES string of the molecule is CC(C)NC(=O)c1c(Cl)cncc1Cl. The molecule has 0 aliphatic heterocycles. The van der Waals surface area contributed by atoms with Crippen LogP contribution in [0.25, 0.3) is 0 Å². The summed E-state index contributed by atoms with van der Waals surface area (Å²) in [6, 6.07) is 0.0443. The smallest absolute Gasteiger partial charge is 0.254 e. The van der Waals surface area contributed by atoms with Gasteiger partial charge in [0, 0.05) is 18.4 Å². The van der Waals surface area contributed by atoms with Gasteiger partial charge in [0.15, 0.2) is 0 Å². The van der Waals surface area contributed by atoms with E-state index in [0.717, 1.165) is 0 Å². The van der Waals surface area contributed by atoms with E-state index in [4.69, 9.17) is 23.2 Å². The van der Waals surface area contributed by atoms with Crippen molar-refractivity contribution >= 4 is 29.1 Å². The summed E-state index contributed by atoms with van der Waals surface area (Å²) in [5, 5.41) is 3.22. The summed E-state index contributed by atoms with van der Waals surface area (Å²) in [4.78, 5) is 15.4. The molecule has 0 saturated carbocycles. The highest BCUT2D eigenvalue weighted by Crippen LogP contribution is 2.22. The quantitative estimate of drug-likeness (QED) is 0.852. The molecule has 5 heteroatoms. The van der Waals surface area contributed by atoms with Crippen LogP contribution in [0.15, 0.2) is 12.4 Å². The number of aromatic nitrogens is 1. The van der Waals surface area contributed by atoms with Gasteiger partial charge in [0.25, 0.3) is 5.91 Å². The highest BCUT2D eigenvalue weighted by atomic mass is 35.5. The minimum atomic E-state index is -0.280. The lowest BCUT2D eigenvalue weighted by Gasteiger charge is -2.10. The number of carbonyl (C=O) groups is 1. The van der Waals surface area contributed by atoms with Crippen molar-refractivity contribution in [3.05, 3.63) is 28.0 Å². The first kappa shape index (κ1) is 11.3. The minimum absolute atomic E-state index is 0.0443. The zero-order valence-electron chi connectivity index (χ0n) is 7.84. The fourth-order valence-electron chi connectivity index (χ4n) is 0.963. The molecule has 14 heavy (non-hydrogen) atoms. The Hall–Kier alpha value is -0.800. The Morgan fingerprint density at radius 3 is 2.29 bits per heavy atom. The molecular weight excluding hydrogens is 223 g/mol. The van der Waals surface area contributed by atoms with Crippen LogP contribution < -0.4 is 5.32 Å². The molecule has 1 aromatic heterocycles. The van der Waals surface area contributed by atoms with E-state index in [2.05, 4.69) is 10.3 Å². The van der Waals surface area contributed by atoms with Gasteiger partial charge in [-0.2, -0.15) is 0 Å². The third-order valence-electron chi connectivity index (χ3n) is 1.50. The number of halogens is 2. The van der Waals surface area contributed by atoms with Crippen LogP contribution >= 0.6 is 23.2 Å². The second kappa shape index (κ2) is 4.62. The van der Waals surface area contributed by atoms with E-state index in [0.29, 0.717) is 0 Å². The summed E-state index contributed by atoms with van der Waals surface area (Å²) < 4.78 is 0. The monoisotopic (exact) mass is 232 g/mol. The molecule has 1 N–H and O–H groups in total. The zero-order chi connectivity index (χ0) is 10.7. The number of hydrogen-bond donors (Lipinski definition) is 1. The van der Waals surface area contributed by atoms with E-state index in [9.17, 15) is 4.79 Å². The number of rotatable bonds is 2. The lowest BCUT2D eigenvalue weighted by Crippen LogP contribution is -2.30. The van der Waals surface area contributed by atoms with Crippen molar-refractivity contribution in [1.82, 2.24) is 10.3 Å². The molecule has 0 atom stereocenters. The predicted molar refractivity (Wildman–Crippen MR) is 56.9 cm³/mol. The number of carbonyl (C=O) groups excluding carboxylic acids is 1. The van der Waals surface area contributed by atoms with Crippen LogP contribution in [-0.2, 0) is 0 Å². The van der Waals surface area contributed by atoms with Crippen LogP contribution in [0.1, 0.15) is 24.2 Å². The van der Waals surface area contributed by atoms with E-state index in [-0.39, 0.29) is 27.6 Å². The molecule has 1 rings (SSSR count). The first-order valence-electron chi connectivity index (χ1n) is 4.12. The number of nitrogens with zero attached hydrogens (tertiary/aromatic N) is 1. The first-order chi connectivity index (χ1) is 6.52. The van der Waals surface area contributed by atoms with Crippen molar-refractivity contribution < 1.29 is 4.79 Å². The van der Waals surface area contributed by atoms with Gasteiger partial charge in [-0.3, -0.25) is 9.78 Å². The molecule has 0 unspecified atom stereocenters.